The fraction of sp³-hybridized carbons (Fsp3) is 0. The first kappa shape index (κ1) is 13.2. The van der Waals surface area contributed by atoms with Crippen molar-refractivity contribution in [3.63, 3.8) is 0 Å². The lowest BCUT2D eigenvalue weighted by Crippen LogP contribution is -2.15. The molecule has 0 aliphatic carbocycles. The smallest absolute Gasteiger partial charge is 0.275 e. The van der Waals surface area contributed by atoms with Crippen LogP contribution in [-0.4, -0.2) is 30.9 Å². The van der Waals surface area contributed by atoms with E-state index in [9.17, 15) is 4.79 Å². The summed E-state index contributed by atoms with van der Waals surface area (Å²) in [4.78, 5) is 19.9. The van der Waals surface area contributed by atoms with Crippen LogP contribution in [0.4, 0.5) is 5.69 Å². The molecular formula is C13H9ClN6O. The van der Waals surface area contributed by atoms with Crippen LogP contribution in [0.15, 0.2) is 49.1 Å². The molecule has 8 heteroatoms. The Kier molecular flexibility index (Phi) is 3.57. The van der Waals surface area contributed by atoms with Gasteiger partial charge in [0.05, 0.1) is 36.2 Å². The van der Waals surface area contributed by atoms with Crippen LogP contribution < -0.4 is 5.32 Å². The Labute approximate surface area is 124 Å². The Morgan fingerprint density at radius 3 is 2.86 bits per heavy atom. The molecule has 0 unspecified atom stereocenters. The molecule has 0 fully saturated rings. The van der Waals surface area contributed by atoms with E-state index in [2.05, 4.69) is 25.6 Å². The van der Waals surface area contributed by atoms with E-state index in [0.717, 1.165) is 0 Å². The normalized spacial score (nSPS) is 10.3. The molecule has 3 rings (SSSR count). The molecule has 0 bridgehead atoms. The van der Waals surface area contributed by atoms with Crippen LogP contribution >= 0.6 is 11.6 Å². The summed E-state index contributed by atoms with van der Waals surface area (Å²) in [7, 11) is 0. The Bertz CT molecular complexity index is 774. The van der Waals surface area contributed by atoms with Gasteiger partial charge in [0.15, 0.2) is 0 Å². The number of rotatable bonds is 3. The average molecular weight is 301 g/mol. The summed E-state index contributed by atoms with van der Waals surface area (Å²) < 4.78 is 1.55. The molecule has 1 amide bonds. The zero-order valence-electron chi connectivity index (χ0n) is 10.6. The lowest BCUT2D eigenvalue weighted by molar-refractivity contribution is 0.102. The molecule has 0 aliphatic heterocycles. The highest BCUT2D eigenvalue weighted by molar-refractivity contribution is 6.29. The minimum Gasteiger partial charge on any atom is -0.319 e. The highest BCUT2D eigenvalue weighted by atomic mass is 35.5. The van der Waals surface area contributed by atoms with Gasteiger partial charge in [-0.2, -0.15) is 0 Å². The van der Waals surface area contributed by atoms with Crippen LogP contribution in [0.2, 0.25) is 5.15 Å². The topological polar surface area (TPSA) is 85.6 Å². The van der Waals surface area contributed by atoms with Crippen LogP contribution in [0.1, 0.15) is 10.5 Å². The number of carbonyl (C=O) groups excluding carboxylic acids is 1. The standard InChI is InChI=1S/C13H9ClN6O/c14-12-8-15-7-10(17-12)13(21)18-9-3-1-2-4-11(9)20-6-5-16-19-20/h1-8H,(H,18,21). The van der Waals surface area contributed by atoms with Crippen LogP contribution in [0, 0.1) is 0 Å². The van der Waals surface area contributed by atoms with Crippen LogP contribution in [0.25, 0.3) is 5.69 Å². The first-order chi connectivity index (χ1) is 10.2. The fourth-order valence-electron chi connectivity index (χ4n) is 1.75. The number of hydrogen-bond donors (Lipinski definition) is 1. The van der Waals surface area contributed by atoms with Crippen molar-refractivity contribution in [1.82, 2.24) is 25.0 Å². The monoisotopic (exact) mass is 300 g/mol. The quantitative estimate of drug-likeness (QED) is 0.799. The molecule has 1 aromatic carbocycles. The van der Waals surface area contributed by atoms with Gasteiger partial charge in [0.25, 0.3) is 5.91 Å². The molecule has 0 aliphatic rings. The summed E-state index contributed by atoms with van der Waals surface area (Å²) in [6, 6.07) is 7.21. The van der Waals surface area contributed by atoms with E-state index in [-0.39, 0.29) is 10.8 Å². The zero-order chi connectivity index (χ0) is 14.7. The lowest BCUT2D eigenvalue weighted by atomic mass is 10.2. The molecule has 0 atom stereocenters. The Balaban J connectivity index is 1.90. The molecule has 21 heavy (non-hydrogen) atoms. The first-order valence-corrected chi connectivity index (χ1v) is 6.36. The second-order valence-corrected chi connectivity index (χ2v) is 4.43. The van der Waals surface area contributed by atoms with Crippen molar-refractivity contribution in [3.8, 4) is 5.69 Å². The molecule has 1 N–H and O–H groups in total. The van der Waals surface area contributed by atoms with Crippen LogP contribution in [-0.2, 0) is 0 Å². The van der Waals surface area contributed by atoms with Crippen LogP contribution in [0.3, 0.4) is 0 Å². The highest BCUT2D eigenvalue weighted by Crippen LogP contribution is 2.19. The Morgan fingerprint density at radius 2 is 2.10 bits per heavy atom. The molecule has 2 aromatic heterocycles. The number of anilines is 1. The van der Waals surface area contributed by atoms with Gasteiger partial charge in [-0.05, 0) is 12.1 Å². The van der Waals surface area contributed by atoms with E-state index < -0.39 is 5.91 Å². The maximum atomic E-state index is 12.2. The van der Waals surface area contributed by atoms with Gasteiger partial charge in [0.1, 0.15) is 10.8 Å². The maximum Gasteiger partial charge on any atom is 0.275 e. The van der Waals surface area contributed by atoms with Crippen molar-refractivity contribution >= 4 is 23.2 Å². The molecule has 3 aromatic rings. The number of para-hydroxylation sites is 2. The van der Waals surface area contributed by atoms with Crippen molar-refractivity contribution in [2.75, 3.05) is 5.32 Å². The van der Waals surface area contributed by atoms with Crippen molar-refractivity contribution in [2.24, 2.45) is 0 Å². The molecule has 0 saturated carbocycles. The predicted molar refractivity (Wildman–Crippen MR) is 76.4 cm³/mol. The number of nitrogens with zero attached hydrogens (tertiary/aromatic N) is 5. The van der Waals surface area contributed by atoms with Crippen molar-refractivity contribution in [2.45, 2.75) is 0 Å². The molecule has 7 nitrogen and oxygen atoms in total. The first-order valence-electron chi connectivity index (χ1n) is 5.98. The number of aromatic nitrogens is 5. The lowest BCUT2D eigenvalue weighted by Gasteiger charge is -2.10. The Hall–Kier alpha value is -2.80. The Morgan fingerprint density at radius 1 is 1.24 bits per heavy atom. The minimum absolute atomic E-state index is 0.135. The van der Waals surface area contributed by atoms with Gasteiger partial charge in [0, 0.05) is 0 Å². The van der Waals surface area contributed by atoms with E-state index in [1.54, 1.807) is 29.2 Å². The highest BCUT2D eigenvalue weighted by Gasteiger charge is 2.12. The summed E-state index contributed by atoms with van der Waals surface area (Å²) in [5.74, 6) is -0.405. The number of halogens is 1. The molecule has 0 radical (unpaired) electrons. The predicted octanol–water partition coefficient (Wildman–Crippen LogP) is 1.96. The van der Waals surface area contributed by atoms with Gasteiger partial charge in [-0.15, -0.1) is 5.10 Å². The van der Waals surface area contributed by atoms with Crippen molar-refractivity contribution < 1.29 is 4.79 Å². The molecule has 2 heterocycles. The van der Waals surface area contributed by atoms with Gasteiger partial charge in [-0.25, -0.2) is 9.67 Å². The summed E-state index contributed by atoms with van der Waals surface area (Å²) in [5, 5.41) is 10.6. The van der Waals surface area contributed by atoms with Gasteiger partial charge >= 0.3 is 0 Å². The second kappa shape index (κ2) is 5.68. The number of carbonyl (C=O) groups is 1. The SMILES string of the molecule is O=C(Nc1ccccc1-n1ccnn1)c1cncc(Cl)n1. The van der Waals surface area contributed by atoms with Gasteiger partial charge < -0.3 is 5.32 Å². The minimum atomic E-state index is -0.405. The average Bonchev–Trinajstić information content (AvgIpc) is 3.02. The third kappa shape index (κ3) is 2.87. The summed E-state index contributed by atoms with van der Waals surface area (Å²) >= 11 is 5.73. The molecule has 104 valence electrons. The zero-order valence-corrected chi connectivity index (χ0v) is 11.4. The van der Waals surface area contributed by atoms with Crippen LogP contribution in [0.5, 0.6) is 0 Å². The number of nitrogens with one attached hydrogen (secondary N) is 1. The molecule has 0 saturated heterocycles. The van der Waals surface area contributed by atoms with Gasteiger partial charge in [-0.3, -0.25) is 9.78 Å². The fourth-order valence-corrected chi connectivity index (χ4v) is 1.90. The number of amides is 1. The maximum absolute atomic E-state index is 12.2. The molecular weight excluding hydrogens is 292 g/mol. The summed E-state index contributed by atoms with van der Waals surface area (Å²) in [6.07, 6.45) is 5.95. The number of hydrogen-bond acceptors (Lipinski definition) is 5. The van der Waals surface area contributed by atoms with E-state index in [1.165, 1.54) is 12.4 Å². The second-order valence-electron chi connectivity index (χ2n) is 4.05. The summed E-state index contributed by atoms with van der Waals surface area (Å²) in [6.45, 7) is 0. The third-order valence-electron chi connectivity index (χ3n) is 2.66. The number of benzene rings is 1. The van der Waals surface area contributed by atoms with E-state index >= 15 is 0 Å². The van der Waals surface area contributed by atoms with E-state index in [0.29, 0.717) is 11.4 Å². The summed E-state index contributed by atoms with van der Waals surface area (Å²) in [5.41, 5.74) is 1.41. The van der Waals surface area contributed by atoms with E-state index in [4.69, 9.17) is 11.6 Å². The largest absolute Gasteiger partial charge is 0.319 e. The van der Waals surface area contributed by atoms with Crippen molar-refractivity contribution in [1.29, 1.82) is 0 Å². The van der Waals surface area contributed by atoms with Gasteiger partial charge in [-0.1, -0.05) is 28.9 Å². The van der Waals surface area contributed by atoms with Gasteiger partial charge in [0.2, 0.25) is 0 Å². The van der Waals surface area contributed by atoms with Crippen molar-refractivity contribution in [3.05, 3.63) is 59.9 Å². The third-order valence-corrected chi connectivity index (χ3v) is 2.84. The van der Waals surface area contributed by atoms with E-state index in [1.807, 2.05) is 12.1 Å². The molecule has 0 spiro atoms.